The second-order valence-electron chi connectivity index (χ2n) is 15.7. The summed E-state index contributed by atoms with van der Waals surface area (Å²) in [5.74, 6) is 3.74. The molecule has 5 saturated heterocycles. The van der Waals surface area contributed by atoms with Crippen LogP contribution in [0.25, 0.3) is 0 Å². The number of methoxy groups -OCH3 is 2. The number of aliphatic carboxylic acids is 1. The second-order valence-corrected chi connectivity index (χ2v) is 23.1. The van der Waals surface area contributed by atoms with E-state index in [1.807, 2.05) is 115 Å². The largest absolute Gasteiger partial charge is 0.480 e. The molecule has 3 atom stereocenters. The molecular weight excluding hydrogens is 1010 g/mol. The summed E-state index contributed by atoms with van der Waals surface area (Å²) in [6, 6.07) is 25.8. The molecule has 0 aromatic heterocycles. The van der Waals surface area contributed by atoms with Crippen molar-refractivity contribution in [3.05, 3.63) is 108 Å². The third-order valence-corrected chi connectivity index (χ3v) is 18.7. The molecule has 3 unspecified atom stereocenters. The van der Waals surface area contributed by atoms with E-state index in [-0.39, 0.29) is 52.7 Å². The van der Waals surface area contributed by atoms with Gasteiger partial charge >= 0.3 is 36.2 Å². The Morgan fingerprint density at radius 2 is 0.913 bits per heavy atom. The van der Waals surface area contributed by atoms with Gasteiger partial charge in [0.1, 0.15) is 37.9 Å². The summed E-state index contributed by atoms with van der Waals surface area (Å²) in [6.45, 7) is 1.31. The van der Waals surface area contributed by atoms with Gasteiger partial charge in [0.15, 0.2) is 5.78 Å². The molecule has 5 heterocycles. The smallest absolute Gasteiger partial charge is 0.411 e. The number of esters is 2. The van der Waals surface area contributed by atoms with E-state index in [2.05, 4.69) is 30.0 Å². The first-order chi connectivity index (χ1) is 33.3. The first kappa shape index (κ1) is 55.6. The van der Waals surface area contributed by atoms with Crippen molar-refractivity contribution in [2.45, 2.75) is 65.4 Å². The summed E-state index contributed by atoms with van der Waals surface area (Å²) in [5.41, 5.74) is 2.65. The number of carboxylic acid groups (broad SMARTS) is 1. The standard InChI is InChI=1S/C16H19NO4S2.C15H17NO4S2.C14H15NO5.C2H6S2/c1-20-14(18)13-9-16(22-7-8-23-16)11-17(13)15(19)21-10-12-5-3-2-4-6-12;17-13(18)12-8-15(21-6-7-22-15)10-16(12)14(19)20-9-11-4-2-1-3-5-11;1-19-13(17)12-7-11(16)8-15(12)14(18)20-9-10-5-3-2-4-6-10;3-1-2-4/h2-6,13H,7-11H2,1H3;1-5,12H,6-10H2,(H,17,18);2-6,12H,7-9H2,1H3;3-4H,1-2H2. The van der Waals surface area contributed by atoms with E-state index in [0.29, 0.717) is 25.9 Å². The van der Waals surface area contributed by atoms with Gasteiger partial charge in [-0.3, -0.25) is 19.5 Å². The minimum atomic E-state index is -0.957. The van der Waals surface area contributed by atoms with Crippen molar-refractivity contribution in [1.82, 2.24) is 14.7 Å². The first-order valence-corrected chi connectivity index (χ1v) is 27.1. The minimum Gasteiger partial charge on any atom is -0.480 e. The molecule has 2 spiro atoms. The molecule has 3 aromatic rings. The molecule has 0 aliphatic carbocycles. The number of ether oxygens (including phenoxy) is 5. The molecule has 5 fully saturated rings. The maximum Gasteiger partial charge on any atom is 0.411 e. The van der Waals surface area contributed by atoms with Crippen LogP contribution in [0.1, 0.15) is 36.0 Å². The van der Waals surface area contributed by atoms with Gasteiger partial charge in [0.2, 0.25) is 0 Å². The highest BCUT2D eigenvalue weighted by molar-refractivity contribution is 8.21. The number of thioether (sulfide) groups is 4. The number of thiol groups is 2. The zero-order valence-corrected chi connectivity index (χ0v) is 43.3. The lowest BCUT2D eigenvalue weighted by Crippen LogP contribution is -2.41. The summed E-state index contributed by atoms with van der Waals surface area (Å²) in [6.07, 6.45) is -0.591. The van der Waals surface area contributed by atoms with Crippen LogP contribution in [-0.2, 0) is 62.7 Å². The van der Waals surface area contributed by atoms with Crippen molar-refractivity contribution < 1.29 is 62.4 Å². The number of ketones is 1. The summed E-state index contributed by atoms with van der Waals surface area (Å²) in [5, 5.41) is 9.39. The van der Waals surface area contributed by atoms with E-state index in [0.717, 1.165) is 56.1 Å². The Labute approximate surface area is 430 Å². The van der Waals surface area contributed by atoms with Crippen LogP contribution < -0.4 is 0 Å². The predicted molar refractivity (Wildman–Crippen MR) is 275 cm³/mol. The number of Topliss-reactive ketones (excluding diaryl/α,β-unsaturated/α-hetero) is 1. The van der Waals surface area contributed by atoms with Gasteiger partial charge < -0.3 is 28.8 Å². The maximum absolute atomic E-state index is 12.5. The number of nitrogens with zero attached hydrogens (tertiary/aromatic N) is 3. The zero-order chi connectivity index (χ0) is 49.8. The molecule has 0 radical (unpaired) electrons. The topological polar surface area (TPSA) is 196 Å². The number of hydrogen-bond donors (Lipinski definition) is 3. The van der Waals surface area contributed by atoms with E-state index in [9.17, 15) is 38.7 Å². The van der Waals surface area contributed by atoms with E-state index in [4.69, 9.17) is 18.9 Å². The van der Waals surface area contributed by atoms with Gasteiger partial charge in [-0.2, -0.15) is 25.3 Å². The highest BCUT2D eigenvalue weighted by Crippen LogP contribution is 2.53. The van der Waals surface area contributed by atoms with Crippen molar-refractivity contribution in [3.63, 3.8) is 0 Å². The molecular formula is C47H57N3O13S6. The molecule has 22 heteroatoms. The molecule has 8 rings (SSSR count). The normalized spacial score (nSPS) is 20.4. The van der Waals surface area contributed by atoms with Crippen molar-refractivity contribution in [1.29, 1.82) is 0 Å². The van der Waals surface area contributed by atoms with Crippen molar-refractivity contribution in [3.8, 4) is 0 Å². The third-order valence-electron chi connectivity index (χ3n) is 11.0. The minimum absolute atomic E-state index is 0.0207. The van der Waals surface area contributed by atoms with Crippen LogP contribution in [0.5, 0.6) is 0 Å². The van der Waals surface area contributed by atoms with Crippen molar-refractivity contribution in [2.75, 3.05) is 68.4 Å². The van der Waals surface area contributed by atoms with E-state index in [1.165, 1.54) is 24.0 Å². The molecule has 5 aliphatic rings. The summed E-state index contributed by atoms with van der Waals surface area (Å²) < 4.78 is 25.0. The Balaban J connectivity index is 0.000000186. The van der Waals surface area contributed by atoms with Crippen LogP contribution in [0.4, 0.5) is 14.4 Å². The molecule has 5 aliphatic heterocycles. The zero-order valence-electron chi connectivity index (χ0n) is 38.2. The summed E-state index contributed by atoms with van der Waals surface area (Å²) in [7, 11) is 2.58. The van der Waals surface area contributed by atoms with Crippen LogP contribution in [-0.4, -0.2) is 156 Å². The Bertz CT molecular complexity index is 2170. The average molecular weight is 1060 g/mol. The van der Waals surface area contributed by atoms with Crippen LogP contribution in [0.15, 0.2) is 91.0 Å². The number of hydrogen-bond acceptors (Lipinski definition) is 18. The molecule has 3 amide bonds. The van der Waals surface area contributed by atoms with Crippen LogP contribution >= 0.6 is 72.3 Å². The molecule has 1 N–H and O–H groups in total. The van der Waals surface area contributed by atoms with Crippen molar-refractivity contribution >= 4 is 114 Å². The maximum atomic E-state index is 12.5. The Morgan fingerprint density at radius 1 is 0.565 bits per heavy atom. The molecule has 3 aromatic carbocycles. The molecule has 69 heavy (non-hydrogen) atoms. The molecule has 0 saturated carbocycles. The molecule has 16 nitrogen and oxygen atoms in total. The molecule has 374 valence electrons. The van der Waals surface area contributed by atoms with E-state index in [1.54, 1.807) is 23.5 Å². The van der Waals surface area contributed by atoms with Crippen LogP contribution in [0.3, 0.4) is 0 Å². The summed E-state index contributed by atoms with van der Waals surface area (Å²) >= 11 is 14.9. The lowest BCUT2D eigenvalue weighted by Gasteiger charge is -2.22. The monoisotopic (exact) mass is 1060 g/mol. The number of carbonyl (C=O) groups excluding carboxylic acids is 6. The number of carboxylic acids is 1. The Kier molecular flexibility index (Phi) is 22.5. The lowest BCUT2D eigenvalue weighted by atomic mass is 10.2. The number of rotatable bonds is 10. The number of amides is 3. The van der Waals surface area contributed by atoms with Crippen LogP contribution in [0, 0.1) is 0 Å². The van der Waals surface area contributed by atoms with Crippen molar-refractivity contribution in [2.24, 2.45) is 0 Å². The van der Waals surface area contributed by atoms with Gasteiger partial charge in [0, 0.05) is 55.4 Å². The highest BCUT2D eigenvalue weighted by Gasteiger charge is 2.53. The Hall–Kier alpha value is -4.35. The van der Waals surface area contributed by atoms with Gasteiger partial charge in [0.05, 0.1) is 28.9 Å². The van der Waals surface area contributed by atoms with Gasteiger partial charge in [-0.05, 0) is 28.2 Å². The first-order valence-electron chi connectivity index (χ1n) is 21.9. The van der Waals surface area contributed by atoms with Gasteiger partial charge in [-0.15, -0.1) is 47.0 Å². The third kappa shape index (κ3) is 16.3. The van der Waals surface area contributed by atoms with Gasteiger partial charge in [-0.25, -0.2) is 28.8 Å². The van der Waals surface area contributed by atoms with Gasteiger partial charge in [0.25, 0.3) is 0 Å². The van der Waals surface area contributed by atoms with E-state index < -0.39 is 48.3 Å². The number of likely N-dealkylation sites (tertiary alicyclic amines) is 3. The van der Waals surface area contributed by atoms with Crippen LogP contribution in [0.2, 0.25) is 0 Å². The van der Waals surface area contributed by atoms with E-state index >= 15 is 0 Å². The average Bonchev–Trinajstić information content (AvgIpc) is 4.25. The predicted octanol–water partition coefficient (Wildman–Crippen LogP) is 7.39. The fourth-order valence-electron chi connectivity index (χ4n) is 7.68. The molecule has 0 bridgehead atoms. The number of carbonyl (C=O) groups is 7. The van der Waals surface area contributed by atoms with Gasteiger partial charge in [-0.1, -0.05) is 91.0 Å². The lowest BCUT2D eigenvalue weighted by molar-refractivity contribution is -0.146. The second kappa shape index (κ2) is 27.9. The Morgan fingerprint density at radius 3 is 1.28 bits per heavy atom. The SMILES string of the molecule is COC(=O)C1CC(=O)CN1C(=O)OCc1ccccc1.COC(=O)C1CC2(CN1C(=O)OCc1ccccc1)SCCS2.O=C(O)C1CC2(CN1C(=O)OCc1ccccc1)SCCS2.SCCS. The fourth-order valence-corrected chi connectivity index (χ4v) is 14.2. The quantitative estimate of drug-likeness (QED) is 0.103. The highest BCUT2D eigenvalue weighted by atomic mass is 32.2. The fraction of sp³-hybridized carbons (Fsp3) is 0.468. The summed E-state index contributed by atoms with van der Waals surface area (Å²) in [4.78, 5) is 87.2. The number of benzene rings is 3.